The number of thiazole rings is 1. The monoisotopic (exact) mass is 252 g/mol. The summed E-state index contributed by atoms with van der Waals surface area (Å²) < 4.78 is 18.3. The third-order valence-corrected chi connectivity index (χ3v) is 3.33. The van der Waals surface area contributed by atoms with Crippen LogP contribution in [-0.4, -0.2) is 12.1 Å². The molecule has 17 heavy (non-hydrogen) atoms. The van der Waals surface area contributed by atoms with Crippen LogP contribution in [0.25, 0.3) is 0 Å². The summed E-state index contributed by atoms with van der Waals surface area (Å²) in [5, 5.41) is 0.570. The Kier molecular flexibility index (Phi) is 3.58. The zero-order valence-corrected chi connectivity index (χ0v) is 10.3. The van der Waals surface area contributed by atoms with Gasteiger partial charge in [-0.05, 0) is 30.5 Å². The van der Waals surface area contributed by atoms with Crippen molar-refractivity contribution in [2.24, 2.45) is 0 Å². The number of methoxy groups -OCH3 is 1. The Labute approximate surface area is 103 Å². The molecule has 5 heteroatoms. The van der Waals surface area contributed by atoms with Crippen LogP contribution in [0.3, 0.4) is 0 Å². The third-order valence-electron chi connectivity index (χ3n) is 2.45. The Morgan fingerprint density at radius 1 is 1.41 bits per heavy atom. The summed E-state index contributed by atoms with van der Waals surface area (Å²) in [6.45, 7) is 0. The number of ether oxygens (including phenoxy) is 1. The molecular formula is C12H13FN2OS. The predicted molar refractivity (Wildman–Crippen MR) is 66.9 cm³/mol. The van der Waals surface area contributed by atoms with Crippen molar-refractivity contribution in [2.75, 3.05) is 12.8 Å². The average Bonchev–Trinajstić information content (AvgIpc) is 2.73. The number of rotatable bonds is 4. The van der Waals surface area contributed by atoms with Gasteiger partial charge >= 0.3 is 0 Å². The van der Waals surface area contributed by atoms with Crippen LogP contribution in [0.1, 0.15) is 10.4 Å². The Balaban J connectivity index is 2.02. The second kappa shape index (κ2) is 5.14. The maximum Gasteiger partial charge on any atom is 0.180 e. The minimum absolute atomic E-state index is 0.274. The van der Waals surface area contributed by atoms with Crippen LogP contribution in [0.5, 0.6) is 5.75 Å². The molecule has 0 aliphatic rings. The van der Waals surface area contributed by atoms with E-state index in [9.17, 15) is 4.39 Å². The molecule has 0 saturated heterocycles. The van der Waals surface area contributed by atoms with E-state index in [1.54, 1.807) is 12.3 Å². The second-order valence-electron chi connectivity index (χ2n) is 3.63. The van der Waals surface area contributed by atoms with Gasteiger partial charge in [-0.15, -0.1) is 11.3 Å². The van der Waals surface area contributed by atoms with Gasteiger partial charge in [0, 0.05) is 11.1 Å². The number of nitrogens with two attached hydrogens (primary N) is 1. The number of nitrogen functional groups attached to an aromatic ring is 1. The van der Waals surface area contributed by atoms with Crippen LogP contribution >= 0.6 is 11.3 Å². The van der Waals surface area contributed by atoms with E-state index in [0.717, 1.165) is 23.3 Å². The highest BCUT2D eigenvalue weighted by Gasteiger charge is 2.04. The Morgan fingerprint density at radius 2 is 2.24 bits per heavy atom. The van der Waals surface area contributed by atoms with Crippen molar-refractivity contribution in [3.8, 4) is 5.75 Å². The molecule has 1 aromatic carbocycles. The quantitative estimate of drug-likeness (QED) is 0.910. The van der Waals surface area contributed by atoms with Gasteiger partial charge in [-0.25, -0.2) is 9.37 Å². The summed E-state index contributed by atoms with van der Waals surface area (Å²) in [5.74, 6) is -0.0513. The highest BCUT2D eigenvalue weighted by atomic mass is 32.1. The van der Waals surface area contributed by atoms with E-state index in [1.807, 2.05) is 6.07 Å². The molecule has 0 aliphatic heterocycles. The molecule has 0 bridgehead atoms. The largest absolute Gasteiger partial charge is 0.494 e. The van der Waals surface area contributed by atoms with Gasteiger partial charge in [-0.2, -0.15) is 0 Å². The van der Waals surface area contributed by atoms with Crippen molar-refractivity contribution in [3.63, 3.8) is 0 Å². The van der Waals surface area contributed by atoms with E-state index in [-0.39, 0.29) is 11.6 Å². The van der Waals surface area contributed by atoms with Gasteiger partial charge in [0.25, 0.3) is 0 Å². The molecule has 1 aromatic heterocycles. The first-order chi connectivity index (χ1) is 8.19. The first-order valence-electron chi connectivity index (χ1n) is 5.21. The van der Waals surface area contributed by atoms with Crippen molar-refractivity contribution >= 4 is 16.5 Å². The fourth-order valence-electron chi connectivity index (χ4n) is 1.57. The Morgan fingerprint density at radius 3 is 2.82 bits per heavy atom. The lowest BCUT2D eigenvalue weighted by molar-refractivity contribution is 0.386. The van der Waals surface area contributed by atoms with E-state index in [1.165, 1.54) is 24.5 Å². The summed E-state index contributed by atoms with van der Waals surface area (Å²) in [5.41, 5.74) is 6.48. The van der Waals surface area contributed by atoms with E-state index in [4.69, 9.17) is 10.5 Å². The molecule has 0 atom stereocenters. The van der Waals surface area contributed by atoms with E-state index < -0.39 is 0 Å². The zero-order chi connectivity index (χ0) is 12.3. The Bertz CT molecular complexity index is 513. The summed E-state index contributed by atoms with van der Waals surface area (Å²) in [6, 6.07) is 5.02. The van der Waals surface area contributed by atoms with Crippen molar-refractivity contribution in [1.29, 1.82) is 0 Å². The predicted octanol–water partition coefficient (Wildman–Crippen LogP) is 2.66. The number of aromatic nitrogens is 1. The van der Waals surface area contributed by atoms with Gasteiger partial charge in [-0.3, -0.25) is 0 Å². The minimum atomic E-state index is -0.325. The molecule has 0 aliphatic carbocycles. The summed E-state index contributed by atoms with van der Waals surface area (Å²) in [4.78, 5) is 5.09. The maximum atomic E-state index is 13.4. The zero-order valence-electron chi connectivity index (χ0n) is 9.44. The lowest BCUT2D eigenvalue weighted by atomic mass is 10.1. The molecule has 0 fully saturated rings. The van der Waals surface area contributed by atoms with Gasteiger partial charge < -0.3 is 10.5 Å². The molecule has 0 unspecified atom stereocenters. The number of nitrogens with zero attached hydrogens (tertiary/aromatic N) is 1. The van der Waals surface area contributed by atoms with Crippen LogP contribution in [-0.2, 0) is 12.8 Å². The molecule has 0 saturated carbocycles. The van der Waals surface area contributed by atoms with Crippen molar-refractivity contribution < 1.29 is 9.13 Å². The lowest BCUT2D eigenvalue weighted by Gasteiger charge is -2.04. The van der Waals surface area contributed by atoms with Crippen molar-refractivity contribution in [1.82, 2.24) is 4.98 Å². The van der Waals surface area contributed by atoms with Crippen LogP contribution < -0.4 is 10.5 Å². The van der Waals surface area contributed by atoms with E-state index in [0.29, 0.717) is 5.13 Å². The normalized spacial score (nSPS) is 10.5. The molecular weight excluding hydrogens is 239 g/mol. The molecule has 2 aromatic rings. The third kappa shape index (κ3) is 2.94. The highest BCUT2D eigenvalue weighted by molar-refractivity contribution is 7.15. The first kappa shape index (κ1) is 11.9. The molecule has 2 N–H and O–H groups in total. The van der Waals surface area contributed by atoms with Crippen molar-refractivity contribution in [2.45, 2.75) is 12.8 Å². The molecule has 0 spiro atoms. The maximum absolute atomic E-state index is 13.4. The second-order valence-corrected chi connectivity index (χ2v) is 4.78. The summed E-state index contributed by atoms with van der Waals surface area (Å²) >= 11 is 1.47. The number of aryl methyl sites for hydroxylation is 2. The van der Waals surface area contributed by atoms with Gasteiger partial charge in [0.05, 0.1) is 7.11 Å². The lowest BCUT2D eigenvalue weighted by Crippen LogP contribution is -1.93. The smallest absolute Gasteiger partial charge is 0.180 e. The standard InChI is InChI=1S/C12H13FN2OS/c1-16-11-5-3-8(6-10(11)13)2-4-9-7-15-12(14)17-9/h3,5-7H,2,4H2,1H3,(H2,14,15). The SMILES string of the molecule is COc1ccc(CCc2cnc(N)s2)cc1F. The van der Waals surface area contributed by atoms with Gasteiger partial charge in [-0.1, -0.05) is 6.07 Å². The van der Waals surface area contributed by atoms with Crippen molar-refractivity contribution in [3.05, 3.63) is 40.7 Å². The molecule has 3 nitrogen and oxygen atoms in total. The molecule has 0 radical (unpaired) electrons. The number of hydrogen-bond acceptors (Lipinski definition) is 4. The fourth-order valence-corrected chi connectivity index (χ4v) is 2.25. The minimum Gasteiger partial charge on any atom is -0.494 e. The van der Waals surface area contributed by atoms with Gasteiger partial charge in [0.15, 0.2) is 16.7 Å². The van der Waals surface area contributed by atoms with Crippen LogP contribution in [0.4, 0.5) is 9.52 Å². The number of halogens is 1. The number of benzene rings is 1. The van der Waals surface area contributed by atoms with Crippen LogP contribution in [0.15, 0.2) is 24.4 Å². The Hall–Kier alpha value is -1.62. The van der Waals surface area contributed by atoms with E-state index in [2.05, 4.69) is 4.98 Å². The highest BCUT2D eigenvalue weighted by Crippen LogP contribution is 2.20. The van der Waals surface area contributed by atoms with Gasteiger partial charge in [0.1, 0.15) is 0 Å². The molecule has 2 rings (SSSR count). The topological polar surface area (TPSA) is 48.1 Å². The van der Waals surface area contributed by atoms with Crippen LogP contribution in [0.2, 0.25) is 0 Å². The summed E-state index contributed by atoms with van der Waals surface area (Å²) in [6.07, 6.45) is 3.35. The fraction of sp³-hybridized carbons (Fsp3) is 0.250. The summed E-state index contributed by atoms with van der Waals surface area (Å²) in [7, 11) is 1.46. The van der Waals surface area contributed by atoms with Gasteiger partial charge in [0.2, 0.25) is 0 Å². The number of anilines is 1. The van der Waals surface area contributed by atoms with Crippen LogP contribution in [0, 0.1) is 5.82 Å². The first-order valence-corrected chi connectivity index (χ1v) is 6.03. The molecule has 1 heterocycles. The molecule has 0 amide bonds. The molecule has 90 valence electrons. The van der Waals surface area contributed by atoms with E-state index >= 15 is 0 Å². The average molecular weight is 252 g/mol. The number of hydrogen-bond donors (Lipinski definition) is 1.